The molecule has 126 valence electrons. The second kappa shape index (κ2) is 6.04. The van der Waals surface area contributed by atoms with E-state index in [0.29, 0.717) is 24.5 Å². The Kier molecular flexibility index (Phi) is 4.24. The molecule has 3 heterocycles. The molecule has 0 aromatic carbocycles. The summed E-state index contributed by atoms with van der Waals surface area (Å²) < 4.78 is 34.4. The topological polar surface area (TPSA) is 94.1 Å². The van der Waals surface area contributed by atoms with Crippen LogP contribution in [0.2, 0.25) is 0 Å². The molecule has 0 saturated carbocycles. The van der Waals surface area contributed by atoms with Crippen LogP contribution >= 0.6 is 0 Å². The second-order valence-electron chi connectivity index (χ2n) is 5.83. The minimum atomic E-state index is -3.60. The van der Waals surface area contributed by atoms with Crippen LogP contribution in [0.4, 0.5) is 0 Å². The van der Waals surface area contributed by atoms with Crippen LogP contribution in [0.25, 0.3) is 0 Å². The van der Waals surface area contributed by atoms with Crippen molar-refractivity contribution in [2.75, 3.05) is 13.1 Å². The fourth-order valence-electron chi connectivity index (χ4n) is 3.17. The van der Waals surface area contributed by atoms with Crippen molar-refractivity contribution in [3.8, 4) is 0 Å². The summed E-state index contributed by atoms with van der Waals surface area (Å²) in [4.78, 5) is 0.190. The summed E-state index contributed by atoms with van der Waals surface area (Å²) in [6, 6.07) is 0. The maximum Gasteiger partial charge on any atom is 0.248 e. The third kappa shape index (κ3) is 2.78. The van der Waals surface area contributed by atoms with E-state index in [-0.39, 0.29) is 10.8 Å². The van der Waals surface area contributed by atoms with Gasteiger partial charge in [-0.1, -0.05) is 5.16 Å². The molecule has 3 rings (SSSR count). The third-order valence-corrected chi connectivity index (χ3v) is 6.41. The number of sulfonamides is 1. The van der Waals surface area contributed by atoms with Gasteiger partial charge in [-0.15, -0.1) is 10.2 Å². The molecule has 2 aromatic heterocycles. The largest absolute Gasteiger partial charge is 0.360 e. The first-order valence-electron chi connectivity index (χ1n) is 7.75. The van der Waals surface area contributed by atoms with Gasteiger partial charge in [0, 0.05) is 25.6 Å². The number of nitrogens with zero attached hydrogens (tertiary/aromatic N) is 5. The van der Waals surface area contributed by atoms with Crippen LogP contribution < -0.4 is 0 Å². The van der Waals surface area contributed by atoms with E-state index in [1.54, 1.807) is 20.2 Å². The highest BCUT2D eigenvalue weighted by Gasteiger charge is 2.36. The molecule has 0 bridgehead atoms. The number of rotatable bonds is 4. The maximum absolute atomic E-state index is 12.9. The van der Waals surface area contributed by atoms with Gasteiger partial charge in [-0.2, -0.15) is 4.31 Å². The van der Waals surface area contributed by atoms with Gasteiger partial charge in [0.2, 0.25) is 10.0 Å². The molecule has 0 aliphatic carbocycles. The molecule has 1 fully saturated rings. The summed E-state index contributed by atoms with van der Waals surface area (Å²) in [5.74, 6) is 1.24. The van der Waals surface area contributed by atoms with Gasteiger partial charge in [-0.05, 0) is 33.6 Å². The molecule has 1 aliphatic rings. The van der Waals surface area contributed by atoms with Crippen molar-refractivity contribution in [3.63, 3.8) is 0 Å². The van der Waals surface area contributed by atoms with Gasteiger partial charge < -0.3 is 9.09 Å². The average Bonchev–Trinajstić information content (AvgIpc) is 3.14. The van der Waals surface area contributed by atoms with E-state index in [1.165, 1.54) is 4.31 Å². The molecular weight excluding hydrogens is 318 g/mol. The molecule has 0 amide bonds. The maximum atomic E-state index is 12.9. The Labute approximate surface area is 135 Å². The number of aryl methyl sites for hydroxylation is 3. The summed E-state index contributed by atoms with van der Waals surface area (Å²) in [6.07, 6.45) is 3.40. The van der Waals surface area contributed by atoms with Crippen LogP contribution in [-0.4, -0.2) is 45.7 Å². The smallest absolute Gasteiger partial charge is 0.248 e. The average molecular weight is 339 g/mol. The Balaban J connectivity index is 1.89. The predicted molar refractivity (Wildman–Crippen MR) is 82.4 cm³/mol. The van der Waals surface area contributed by atoms with E-state index in [1.807, 2.05) is 11.5 Å². The summed E-state index contributed by atoms with van der Waals surface area (Å²) in [5, 5.41) is 11.9. The standard InChI is InChI=1S/C14H21N5O3S/c1-4-18-9-15-16-14(18)12-6-5-7-19(8-12)23(20,21)13-10(2)17-22-11(13)3/h9,12H,4-8H2,1-3H3/t12-/m0/s1. The van der Waals surface area contributed by atoms with Crippen LogP contribution in [0.5, 0.6) is 0 Å². The Morgan fingerprint density at radius 3 is 2.83 bits per heavy atom. The van der Waals surface area contributed by atoms with E-state index in [0.717, 1.165) is 25.2 Å². The molecule has 1 aliphatic heterocycles. The molecule has 8 nitrogen and oxygen atoms in total. The van der Waals surface area contributed by atoms with Gasteiger partial charge in [-0.3, -0.25) is 0 Å². The van der Waals surface area contributed by atoms with Gasteiger partial charge >= 0.3 is 0 Å². The Morgan fingerprint density at radius 2 is 2.17 bits per heavy atom. The first-order chi connectivity index (χ1) is 10.9. The van der Waals surface area contributed by atoms with Crippen molar-refractivity contribution in [1.82, 2.24) is 24.2 Å². The Bertz CT molecular complexity index is 776. The van der Waals surface area contributed by atoms with Gasteiger partial charge in [0.1, 0.15) is 22.7 Å². The van der Waals surface area contributed by atoms with Crippen molar-refractivity contribution in [1.29, 1.82) is 0 Å². The number of aromatic nitrogens is 4. The van der Waals surface area contributed by atoms with Crippen LogP contribution in [-0.2, 0) is 16.6 Å². The minimum absolute atomic E-state index is 0.0569. The molecule has 0 spiro atoms. The summed E-state index contributed by atoms with van der Waals surface area (Å²) >= 11 is 0. The van der Waals surface area contributed by atoms with Crippen molar-refractivity contribution < 1.29 is 12.9 Å². The van der Waals surface area contributed by atoms with Crippen LogP contribution in [0, 0.1) is 13.8 Å². The Hall–Kier alpha value is -1.74. The minimum Gasteiger partial charge on any atom is -0.360 e. The molecule has 9 heteroatoms. The molecule has 2 aromatic rings. The zero-order valence-electron chi connectivity index (χ0n) is 13.6. The summed E-state index contributed by atoms with van der Waals surface area (Å²) in [5.41, 5.74) is 0.404. The first-order valence-corrected chi connectivity index (χ1v) is 9.19. The van der Waals surface area contributed by atoms with E-state index in [2.05, 4.69) is 15.4 Å². The quantitative estimate of drug-likeness (QED) is 0.837. The first kappa shape index (κ1) is 16.1. The van der Waals surface area contributed by atoms with E-state index >= 15 is 0 Å². The van der Waals surface area contributed by atoms with Gasteiger partial charge in [-0.25, -0.2) is 8.42 Å². The predicted octanol–water partition coefficient (Wildman–Crippen LogP) is 1.47. The summed E-state index contributed by atoms with van der Waals surface area (Å²) in [7, 11) is -3.60. The molecule has 1 saturated heterocycles. The van der Waals surface area contributed by atoms with E-state index in [9.17, 15) is 8.42 Å². The van der Waals surface area contributed by atoms with Crippen LogP contribution in [0.3, 0.4) is 0 Å². The monoisotopic (exact) mass is 339 g/mol. The zero-order valence-corrected chi connectivity index (χ0v) is 14.4. The highest BCUT2D eigenvalue weighted by atomic mass is 32.2. The second-order valence-corrected chi connectivity index (χ2v) is 7.71. The van der Waals surface area contributed by atoms with Crippen molar-refractivity contribution in [2.24, 2.45) is 0 Å². The van der Waals surface area contributed by atoms with Gasteiger partial charge in [0.15, 0.2) is 5.76 Å². The molecule has 0 unspecified atom stereocenters. The van der Waals surface area contributed by atoms with Gasteiger partial charge in [0.05, 0.1) is 0 Å². The molecule has 0 N–H and O–H groups in total. The fourth-order valence-corrected chi connectivity index (χ4v) is 4.98. The summed E-state index contributed by atoms with van der Waals surface area (Å²) in [6.45, 7) is 6.98. The van der Waals surface area contributed by atoms with E-state index < -0.39 is 10.0 Å². The van der Waals surface area contributed by atoms with Crippen molar-refractivity contribution >= 4 is 10.0 Å². The molecular formula is C14H21N5O3S. The lowest BCUT2D eigenvalue weighted by Crippen LogP contribution is -2.40. The lowest BCUT2D eigenvalue weighted by molar-refractivity contribution is 0.304. The van der Waals surface area contributed by atoms with E-state index in [4.69, 9.17) is 4.52 Å². The number of piperidine rings is 1. The lowest BCUT2D eigenvalue weighted by atomic mass is 9.99. The highest BCUT2D eigenvalue weighted by Crippen LogP contribution is 2.31. The fraction of sp³-hybridized carbons (Fsp3) is 0.643. The highest BCUT2D eigenvalue weighted by molar-refractivity contribution is 7.89. The SMILES string of the molecule is CCn1cnnc1[C@H]1CCCN(S(=O)(=O)c2c(C)noc2C)C1. The zero-order chi connectivity index (χ0) is 16.6. The third-order valence-electron chi connectivity index (χ3n) is 4.30. The number of hydrogen-bond acceptors (Lipinski definition) is 6. The number of hydrogen-bond donors (Lipinski definition) is 0. The van der Waals surface area contributed by atoms with Crippen LogP contribution in [0.1, 0.15) is 43.0 Å². The van der Waals surface area contributed by atoms with Crippen molar-refractivity contribution in [3.05, 3.63) is 23.6 Å². The molecule has 0 radical (unpaired) electrons. The molecule has 23 heavy (non-hydrogen) atoms. The van der Waals surface area contributed by atoms with Crippen molar-refractivity contribution in [2.45, 2.75) is 51.0 Å². The van der Waals surface area contributed by atoms with Gasteiger partial charge in [0.25, 0.3) is 0 Å². The lowest BCUT2D eigenvalue weighted by Gasteiger charge is -2.31. The Morgan fingerprint density at radius 1 is 1.39 bits per heavy atom. The molecule has 1 atom stereocenters. The van der Waals surface area contributed by atoms with Crippen LogP contribution in [0.15, 0.2) is 15.7 Å². The normalized spacial score (nSPS) is 20.0.